The maximum absolute atomic E-state index is 13.4. The van der Waals surface area contributed by atoms with Crippen LogP contribution in [0.1, 0.15) is 85.7 Å². The molecule has 1 amide bonds. The van der Waals surface area contributed by atoms with Gasteiger partial charge in [0.05, 0.1) is 11.3 Å². The van der Waals surface area contributed by atoms with E-state index >= 15 is 0 Å². The zero-order valence-corrected chi connectivity index (χ0v) is 19.8. The first-order chi connectivity index (χ1) is 15.5. The monoisotopic (exact) mass is 462 g/mol. The molecule has 1 saturated heterocycles. The Morgan fingerprint density at radius 2 is 1.82 bits per heavy atom. The number of amides is 1. The van der Waals surface area contributed by atoms with Gasteiger partial charge in [-0.2, -0.15) is 18.3 Å². The molecule has 33 heavy (non-hydrogen) atoms. The van der Waals surface area contributed by atoms with E-state index in [1.807, 2.05) is 0 Å². The summed E-state index contributed by atoms with van der Waals surface area (Å²) in [6.07, 6.45) is -2.31. The van der Waals surface area contributed by atoms with Crippen LogP contribution in [-0.2, 0) is 19.3 Å². The minimum atomic E-state index is -4.37. The largest absolute Gasteiger partial charge is 0.416 e. The number of halogens is 3. The minimum absolute atomic E-state index is 0.124. The number of fused-ring (bicyclic) bond motifs is 1. The van der Waals surface area contributed by atoms with E-state index in [9.17, 15) is 18.0 Å². The van der Waals surface area contributed by atoms with Crippen LogP contribution in [0.3, 0.4) is 0 Å². The molecule has 8 heteroatoms. The molecule has 5 nitrogen and oxygen atoms in total. The molecule has 2 aromatic rings. The molecule has 2 aliphatic heterocycles. The normalized spacial score (nSPS) is 19.1. The number of carbonyl (C=O) groups is 1. The summed E-state index contributed by atoms with van der Waals surface area (Å²) in [6.45, 7) is 11.2. The minimum Gasteiger partial charge on any atom is -0.337 e. The van der Waals surface area contributed by atoms with Crippen molar-refractivity contribution in [3.8, 4) is 0 Å². The van der Waals surface area contributed by atoms with Crippen LogP contribution in [0.4, 0.5) is 13.2 Å². The van der Waals surface area contributed by atoms with Gasteiger partial charge >= 0.3 is 6.18 Å². The van der Waals surface area contributed by atoms with Gasteiger partial charge in [-0.3, -0.25) is 14.8 Å². The van der Waals surface area contributed by atoms with Gasteiger partial charge in [0.15, 0.2) is 5.69 Å². The summed E-state index contributed by atoms with van der Waals surface area (Å²) < 4.78 is 40.3. The summed E-state index contributed by atoms with van der Waals surface area (Å²) >= 11 is 0. The van der Waals surface area contributed by atoms with E-state index in [0.29, 0.717) is 49.8 Å². The predicted molar refractivity (Wildman–Crippen MR) is 121 cm³/mol. The first-order valence-corrected chi connectivity index (χ1v) is 11.8. The van der Waals surface area contributed by atoms with Gasteiger partial charge in [-0.1, -0.05) is 45.9 Å². The van der Waals surface area contributed by atoms with E-state index in [-0.39, 0.29) is 17.2 Å². The molecular weight excluding hydrogens is 429 g/mol. The first kappa shape index (κ1) is 23.8. The molecule has 0 saturated carbocycles. The average molecular weight is 463 g/mol. The Labute approximate surface area is 193 Å². The quantitative estimate of drug-likeness (QED) is 0.645. The number of hydrogen-bond donors (Lipinski definition) is 1. The van der Waals surface area contributed by atoms with Crippen LogP contribution in [0.15, 0.2) is 24.3 Å². The van der Waals surface area contributed by atoms with Gasteiger partial charge in [-0.05, 0) is 42.2 Å². The number of nitrogens with one attached hydrogen (secondary N) is 1. The van der Waals surface area contributed by atoms with Crippen LogP contribution in [0.2, 0.25) is 0 Å². The van der Waals surface area contributed by atoms with Gasteiger partial charge in [0.2, 0.25) is 0 Å². The number of hydrogen-bond acceptors (Lipinski definition) is 3. The highest BCUT2D eigenvalue weighted by atomic mass is 19.4. The predicted octanol–water partition coefficient (Wildman–Crippen LogP) is 5.59. The summed E-state index contributed by atoms with van der Waals surface area (Å²) in [6, 6.07) is 6.19. The Kier molecular flexibility index (Phi) is 6.33. The SMILES string of the molecule is CCC(N1Cc2[nH]nc(C(=O)N3CCC(c4ccccc4C(F)(F)F)CC3)c2C1)C(C)(C)C. The number of carbonyl (C=O) groups excluding carboxylic acids is 1. The topological polar surface area (TPSA) is 52.2 Å². The van der Waals surface area contributed by atoms with Crippen LogP contribution >= 0.6 is 0 Å². The van der Waals surface area contributed by atoms with Crippen LogP contribution in [-0.4, -0.2) is 45.0 Å². The van der Waals surface area contributed by atoms with E-state index in [2.05, 4.69) is 42.8 Å². The Morgan fingerprint density at radius 1 is 1.15 bits per heavy atom. The third-order valence-electron chi connectivity index (χ3n) is 7.19. The highest BCUT2D eigenvalue weighted by Crippen LogP contribution is 2.39. The standard InChI is InChI=1S/C25H33F3N4O/c1-5-21(24(2,3)4)32-14-18-20(15-32)29-30-22(18)23(33)31-12-10-16(11-13-31)17-8-6-7-9-19(17)25(26,27)28/h6-9,16,21H,5,10-15H2,1-4H3,(H,29,30). The molecule has 1 aromatic carbocycles. The lowest BCUT2D eigenvalue weighted by atomic mass is 9.84. The van der Waals surface area contributed by atoms with Crippen molar-refractivity contribution < 1.29 is 18.0 Å². The van der Waals surface area contributed by atoms with Crippen molar-refractivity contribution in [2.45, 2.75) is 78.2 Å². The number of aromatic amines is 1. The number of piperidine rings is 1. The molecule has 180 valence electrons. The molecule has 1 aromatic heterocycles. The molecule has 0 aliphatic carbocycles. The molecule has 1 unspecified atom stereocenters. The fourth-order valence-electron chi connectivity index (χ4n) is 5.63. The van der Waals surface area contributed by atoms with Crippen LogP contribution < -0.4 is 0 Å². The molecule has 0 bridgehead atoms. The average Bonchev–Trinajstić information content (AvgIpc) is 3.33. The van der Waals surface area contributed by atoms with Crippen LogP contribution in [0.25, 0.3) is 0 Å². The van der Waals surface area contributed by atoms with Crippen LogP contribution in [0, 0.1) is 5.41 Å². The lowest BCUT2D eigenvalue weighted by molar-refractivity contribution is -0.138. The van der Waals surface area contributed by atoms with E-state index in [1.54, 1.807) is 17.0 Å². The highest BCUT2D eigenvalue weighted by Gasteiger charge is 2.38. The van der Waals surface area contributed by atoms with E-state index < -0.39 is 11.7 Å². The second-order valence-electron chi connectivity index (χ2n) is 10.4. The van der Waals surface area contributed by atoms with Crippen LogP contribution in [0.5, 0.6) is 0 Å². The zero-order valence-electron chi connectivity index (χ0n) is 19.8. The third-order valence-corrected chi connectivity index (χ3v) is 7.19. The number of rotatable bonds is 4. The Bertz CT molecular complexity index is 1000. The number of H-pyrrole nitrogens is 1. The van der Waals surface area contributed by atoms with Crippen molar-refractivity contribution in [2.75, 3.05) is 13.1 Å². The van der Waals surface area contributed by atoms with E-state index in [4.69, 9.17) is 0 Å². The lowest BCUT2D eigenvalue weighted by Gasteiger charge is -2.37. The van der Waals surface area contributed by atoms with Gasteiger partial charge in [-0.15, -0.1) is 0 Å². The van der Waals surface area contributed by atoms with E-state index in [0.717, 1.165) is 30.3 Å². The Balaban J connectivity index is 1.44. The number of likely N-dealkylation sites (tertiary alicyclic amines) is 1. The fraction of sp³-hybridized carbons (Fsp3) is 0.600. The van der Waals surface area contributed by atoms with Crippen molar-refractivity contribution >= 4 is 5.91 Å². The molecule has 0 spiro atoms. The highest BCUT2D eigenvalue weighted by molar-refractivity contribution is 5.94. The summed E-state index contributed by atoms with van der Waals surface area (Å²) in [5.41, 5.74) is 2.32. The van der Waals surface area contributed by atoms with Gasteiger partial charge in [0.1, 0.15) is 0 Å². The third kappa shape index (κ3) is 4.67. The Hall–Kier alpha value is -2.35. The van der Waals surface area contributed by atoms with Gasteiger partial charge < -0.3 is 4.90 Å². The van der Waals surface area contributed by atoms with Crippen molar-refractivity contribution in [2.24, 2.45) is 5.41 Å². The maximum atomic E-state index is 13.4. The second kappa shape index (κ2) is 8.78. The maximum Gasteiger partial charge on any atom is 0.416 e. The molecule has 1 atom stereocenters. The lowest BCUT2D eigenvalue weighted by Crippen LogP contribution is -2.41. The molecule has 1 fully saturated rings. The van der Waals surface area contributed by atoms with Crippen molar-refractivity contribution in [1.29, 1.82) is 0 Å². The molecule has 4 rings (SSSR count). The van der Waals surface area contributed by atoms with Crippen molar-refractivity contribution in [1.82, 2.24) is 20.0 Å². The second-order valence-corrected chi connectivity index (χ2v) is 10.4. The number of alkyl halides is 3. The van der Waals surface area contributed by atoms with Gasteiger partial charge in [-0.25, -0.2) is 0 Å². The first-order valence-electron chi connectivity index (χ1n) is 11.8. The number of aromatic nitrogens is 2. The smallest absolute Gasteiger partial charge is 0.337 e. The summed E-state index contributed by atoms with van der Waals surface area (Å²) in [7, 11) is 0. The number of nitrogens with zero attached hydrogens (tertiary/aromatic N) is 3. The fourth-order valence-corrected chi connectivity index (χ4v) is 5.63. The molecular formula is C25H33F3N4O. The number of benzene rings is 1. The van der Waals surface area contributed by atoms with Gasteiger partial charge in [0.25, 0.3) is 5.91 Å². The van der Waals surface area contributed by atoms with E-state index in [1.165, 1.54) is 6.07 Å². The van der Waals surface area contributed by atoms with Crippen molar-refractivity contribution in [3.05, 3.63) is 52.3 Å². The molecule has 3 heterocycles. The zero-order chi connectivity index (χ0) is 24.0. The molecule has 2 aliphatic rings. The molecule has 0 radical (unpaired) electrons. The molecule has 1 N–H and O–H groups in total. The van der Waals surface area contributed by atoms with Gasteiger partial charge in [0, 0.05) is 37.8 Å². The summed E-state index contributed by atoms with van der Waals surface area (Å²) in [5, 5.41) is 7.39. The summed E-state index contributed by atoms with van der Waals surface area (Å²) in [4.78, 5) is 17.4. The summed E-state index contributed by atoms with van der Waals surface area (Å²) in [5.74, 6) is -0.329. The Morgan fingerprint density at radius 3 is 2.42 bits per heavy atom. The van der Waals surface area contributed by atoms with Crippen molar-refractivity contribution in [3.63, 3.8) is 0 Å².